The summed E-state index contributed by atoms with van der Waals surface area (Å²) in [6.07, 6.45) is 1.17. The molecule has 0 aromatic carbocycles. The summed E-state index contributed by atoms with van der Waals surface area (Å²) in [5.74, 6) is -0.204. The van der Waals surface area contributed by atoms with Gasteiger partial charge in [0, 0.05) is 5.38 Å². The molecule has 0 saturated heterocycles. The maximum atomic E-state index is 10.7. The van der Waals surface area contributed by atoms with Gasteiger partial charge in [0.05, 0.1) is 13.0 Å². The van der Waals surface area contributed by atoms with Gasteiger partial charge in [0.25, 0.3) is 0 Å². The van der Waals surface area contributed by atoms with E-state index in [1.807, 2.05) is 6.92 Å². The molecule has 0 aliphatic carbocycles. The van der Waals surface area contributed by atoms with E-state index in [1.165, 1.54) is 0 Å². The Hall–Kier alpha value is -0.240. The van der Waals surface area contributed by atoms with Crippen molar-refractivity contribution in [2.75, 3.05) is 6.61 Å². The number of ether oxygens (including phenoxy) is 1. The van der Waals surface area contributed by atoms with Crippen LogP contribution in [0.25, 0.3) is 0 Å². The van der Waals surface area contributed by atoms with Gasteiger partial charge in [-0.3, -0.25) is 4.79 Å². The Morgan fingerprint density at radius 3 is 2.70 bits per heavy atom. The highest BCUT2D eigenvalue weighted by Gasteiger charge is 2.05. The first-order valence-corrected chi connectivity index (χ1v) is 3.90. The van der Waals surface area contributed by atoms with Gasteiger partial charge in [0.15, 0.2) is 0 Å². The van der Waals surface area contributed by atoms with Gasteiger partial charge < -0.3 is 4.74 Å². The van der Waals surface area contributed by atoms with Crippen molar-refractivity contribution in [2.24, 2.45) is 0 Å². The molecule has 10 heavy (non-hydrogen) atoms. The van der Waals surface area contributed by atoms with E-state index in [0.717, 1.165) is 6.42 Å². The van der Waals surface area contributed by atoms with Crippen molar-refractivity contribution >= 4 is 17.6 Å². The normalized spacial score (nSPS) is 12.7. The van der Waals surface area contributed by atoms with Gasteiger partial charge in [0.1, 0.15) is 0 Å². The second-order valence-corrected chi connectivity index (χ2v) is 2.95. The molecule has 0 aliphatic rings. The molecule has 0 saturated carbocycles. The fourth-order valence-corrected chi connectivity index (χ4v) is 0.630. The van der Waals surface area contributed by atoms with Gasteiger partial charge in [0.2, 0.25) is 0 Å². The molecule has 3 heteroatoms. The molecule has 0 fully saturated rings. The average Bonchev–Trinajstić information content (AvgIpc) is 1.82. The lowest BCUT2D eigenvalue weighted by Crippen LogP contribution is -2.09. The first-order valence-electron chi connectivity index (χ1n) is 3.46. The third-order valence-electron chi connectivity index (χ3n) is 0.915. The predicted octanol–water partition coefficient (Wildman–Crippen LogP) is 1.96. The third-order valence-corrected chi connectivity index (χ3v) is 1.07. The molecule has 60 valence electrons. The smallest absolute Gasteiger partial charge is 0.307 e. The minimum absolute atomic E-state index is 0.121. The van der Waals surface area contributed by atoms with Crippen LogP contribution in [-0.4, -0.2) is 18.0 Å². The van der Waals surface area contributed by atoms with Crippen molar-refractivity contribution in [3.63, 3.8) is 0 Å². The van der Waals surface area contributed by atoms with Crippen LogP contribution in [0.3, 0.4) is 0 Å². The van der Waals surface area contributed by atoms with E-state index in [1.54, 1.807) is 6.92 Å². The van der Waals surface area contributed by atoms with E-state index in [2.05, 4.69) is 0 Å². The van der Waals surface area contributed by atoms with Crippen LogP contribution >= 0.6 is 11.6 Å². The number of alkyl halides is 1. The van der Waals surface area contributed by atoms with Crippen LogP contribution in [0.4, 0.5) is 0 Å². The first kappa shape index (κ1) is 9.76. The molecule has 0 heterocycles. The monoisotopic (exact) mass is 164 g/mol. The van der Waals surface area contributed by atoms with Gasteiger partial charge in [-0.1, -0.05) is 6.92 Å². The molecule has 0 N–H and O–H groups in total. The fraction of sp³-hybridized carbons (Fsp3) is 0.857. The van der Waals surface area contributed by atoms with Crippen molar-refractivity contribution in [1.82, 2.24) is 0 Å². The van der Waals surface area contributed by atoms with Gasteiger partial charge in [-0.25, -0.2) is 0 Å². The van der Waals surface area contributed by atoms with Crippen LogP contribution < -0.4 is 0 Å². The van der Waals surface area contributed by atoms with Crippen LogP contribution in [0.1, 0.15) is 26.7 Å². The molecule has 0 rings (SSSR count). The summed E-state index contributed by atoms with van der Waals surface area (Å²) >= 11 is 5.55. The number of hydrogen-bond donors (Lipinski definition) is 0. The molecule has 0 bridgehead atoms. The lowest BCUT2D eigenvalue weighted by molar-refractivity contribution is -0.143. The molecular formula is C7H13ClO2. The van der Waals surface area contributed by atoms with Crippen molar-refractivity contribution in [3.8, 4) is 0 Å². The molecule has 0 aromatic rings. The summed E-state index contributed by atoms with van der Waals surface area (Å²) in [6.45, 7) is 4.23. The summed E-state index contributed by atoms with van der Waals surface area (Å²) in [6, 6.07) is 0. The highest BCUT2D eigenvalue weighted by Crippen LogP contribution is 2.01. The highest BCUT2D eigenvalue weighted by atomic mass is 35.5. The predicted molar refractivity (Wildman–Crippen MR) is 41.2 cm³/mol. The Morgan fingerprint density at radius 1 is 1.70 bits per heavy atom. The van der Waals surface area contributed by atoms with Gasteiger partial charge in [-0.2, -0.15) is 0 Å². The van der Waals surface area contributed by atoms with Crippen LogP contribution in [0, 0.1) is 0 Å². The maximum Gasteiger partial charge on any atom is 0.307 e. The summed E-state index contributed by atoms with van der Waals surface area (Å²) in [5, 5.41) is -0.121. The molecule has 0 amide bonds. The van der Waals surface area contributed by atoms with Crippen molar-refractivity contribution in [1.29, 1.82) is 0 Å². The molecule has 1 unspecified atom stereocenters. The number of halogens is 1. The summed E-state index contributed by atoms with van der Waals surface area (Å²) < 4.78 is 4.78. The second-order valence-electron chi connectivity index (χ2n) is 2.21. The number of carbonyl (C=O) groups is 1. The van der Waals surface area contributed by atoms with E-state index in [0.29, 0.717) is 13.0 Å². The Kier molecular flexibility index (Phi) is 5.40. The Labute approximate surface area is 66.5 Å². The maximum absolute atomic E-state index is 10.7. The molecule has 1 atom stereocenters. The summed E-state index contributed by atoms with van der Waals surface area (Å²) in [7, 11) is 0. The topological polar surface area (TPSA) is 26.3 Å². The Morgan fingerprint density at radius 2 is 2.30 bits per heavy atom. The van der Waals surface area contributed by atoms with Crippen LogP contribution in [0.2, 0.25) is 0 Å². The SMILES string of the molecule is CCCOC(=O)CC(C)Cl. The Bertz CT molecular complexity index is 102. The summed E-state index contributed by atoms with van der Waals surface area (Å²) in [4.78, 5) is 10.7. The molecule has 0 radical (unpaired) electrons. The van der Waals surface area contributed by atoms with E-state index < -0.39 is 0 Å². The zero-order valence-electron chi connectivity index (χ0n) is 6.39. The molecule has 0 aliphatic heterocycles. The number of hydrogen-bond acceptors (Lipinski definition) is 2. The first-order chi connectivity index (χ1) is 4.66. The number of esters is 1. The van der Waals surface area contributed by atoms with Gasteiger partial charge >= 0.3 is 5.97 Å². The minimum Gasteiger partial charge on any atom is -0.466 e. The van der Waals surface area contributed by atoms with Crippen LogP contribution in [0.15, 0.2) is 0 Å². The van der Waals surface area contributed by atoms with E-state index >= 15 is 0 Å². The second kappa shape index (κ2) is 5.54. The third kappa shape index (κ3) is 5.89. The molecular weight excluding hydrogens is 152 g/mol. The van der Waals surface area contributed by atoms with E-state index in [-0.39, 0.29) is 11.3 Å². The zero-order valence-corrected chi connectivity index (χ0v) is 7.15. The molecule has 2 nitrogen and oxygen atoms in total. The van der Waals surface area contributed by atoms with Crippen molar-refractivity contribution in [3.05, 3.63) is 0 Å². The standard InChI is InChI=1S/C7H13ClO2/c1-3-4-10-7(9)5-6(2)8/h6H,3-5H2,1-2H3. The quantitative estimate of drug-likeness (QED) is 0.469. The van der Waals surface area contributed by atoms with E-state index in [4.69, 9.17) is 16.3 Å². The minimum atomic E-state index is -0.204. The largest absolute Gasteiger partial charge is 0.466 e. The fourth-order valence-electron chi connectivity index (χ4n) is 0.504. The Balaban J connectivity index is 3.26. The lowest BCUT2D eigenvalue weighted by Gasteiger charge is -2.02. The van der Waals surface area contributed by atoms with Gasteiger partial charge in [-0.15, -0.1) is 11.6 Å². The number of rotatable bonds is 4. The number of carbonyl (C=O) groups excluding carboxylic acids is 1. The summed E-state index contributed by atoms with van der Waals surface area (Å²) in [5.41, 5.74) is 0. The van der Waals surface area contributed by atoms with E-state index in [9.17, 15) is 4.79 Å². The zero-order chi connectivity index (χ0) is 7.98. The van der Waals surface area contributed by atoms with Crippen LogP contribution in [-0.2, 0) is 9.53 Å². The van der Waals surface area contributed by atoms with Gasteiger partial charge in [-0.05, 0) is 13.3 Å². The van der Waals surface area contributed by atoms with Crippen molar-refractivity contribution in [2.45, 2.75) is 32.1 Å². The molecule has 0 aromatic heterocycles. The average molecular weight is 165 g/mol. The highest BCUT2D eigenvalue weighted by molar-refractivity contribution is 6.21. The molecule has 0 spiro atoms. The van der Waals surface area contributed by atoms with Crippen LogP contribution in [0.5, 0.6) is 0 Å². The lowest BCUT2D eigenvalue weighted by atomic mass is 10.3. The van der Waals surface area contributed by atoms with Crippen molar-refractivity contribution < 1.29 is 9.53 Å².